The number of hydrogen-bond acceptors (Lipinski definition) is 4. The number of anilines is 1. The topological polar surface area (TPSA) is 27.7 Å². The van der Waals surface area contributed by atoms with Gasteiger partial charge in [-0.25, -0.2) is 0 Å². The molecule has 2 rings (SSSR count). The summed E-state index contributed by atoms with van der Waals surface area (Å²) >= 11 is 0. The Kier molecular flexibility index (Phi) is 6.83. The van der Waals surface area contributed by atoms with E-state index in [4.69, 9.17) is 4.74 Å². The number of piperazine rings is 1. The summed E-state index contributed by atoms with van der Waals surface area (Å²) in [7, 11) is 1.73. The van der Waals surface area contributed by atoms with Gasteiger partial charge in [0.25, 0.3) is 0 Å². The van der Waals surface area contributed by atoms with Crippen molar-refractivity contribution in [3.05, 3.63) is 24.3 Å². The number of rotatable bonds is 8. The molecule has 0 spiro atoms. The van der Waals surface area contributed by atoms with Crippen molar-refractivity contribution in [1.82, 2.24) is 10.2 Å². The molecule has 1 aliphatic rings. The Hall–Kier alpha value is -1.26. The zero-order valence-electron chi connectivity index (χ0n) is 13.5. The van der Waals surface area contributed by atoms with Crippen LogP contribution in [0.4, 0.5) is 5.69 Å². The van der Waals surface area contributed by atoms with E-state index in [1.165, 1.54) is 25.1 Å². The van der Waals surface area contributed by atoms with Crippen LogP contribution in [0.15, 0.2) is 24.3 Å². The Labute approximate surface area is 129 Å². The minimum Gasteiger partial charge on any atom is -0.497 e. The van der Waals surface area contributed by atoms with Crippen LogP contribution >= 0.6 is 0 Å². The molecule has 0 amide bonds. The van der Waals surface area contributed by atoms with Crippen LogP contribution in [0.3, 0.4) is 0 Å². The average Bonchev–Trinajstić information content (AvgIpc) is 2.55. The second-order valence-corrected chi connectivity index (χ2v) is 5.63. The highest BCUT2D eigenvalue weighted by atomic mass is 16.5. The monoisotopic (exact) mass is 291 g/mol. The van der Waals surface area contributed by atoms with Crippen molar-refractivity contribution >= 4 is 5.69 Å². The van der Waals surface area contributed by atoms with Crippen molar-refractivity contribution in [2.24, 2.45) is 0 Å². The molecule has 118 valence electrons. The first-order valence-corrected chi connectivity index (χ1v) is 8.15. The molecule has 1 heterocycles. The Bertz CT molecular complexity index is 403. The highest BCUT2D eigenvalue weighted by molar-refractivity contribution is 5.51. The summed E-state index contributed by atoms with van der Waals surface area (Å²) in [6, 6.07) is 8.38. The molecule has 1 aromatic rings. The number of hydrogen-bond donors (Lipinski definition) is 1. The van der Waals surface area contributed by atoms with E-state index in [-0.39, 0.29) is 0 Å². The van der Waals surface area contributed by atoms with Crippen molar-refractivity contribution in [1.29, 1.82) is 0 Å². The molecule has 4 heteroatoms. The Balaban J connectivity index is 1.70. The number of methoxy groups -OCH3 is 1. The predicted molar refractivity (Wildman–Crippen MR) is 89.4 cm³/mol. The normalized spacial score (nSPS) is 16.2. The summed E-state index contributed by atoms with van der Waals surface area (Å²) in [6.45, 7) is 10.2. The SMILES string of the molecule is CCCNCCCN1CCN(c2cccc(OC)c2)CC1. The van der Waals surface area contributed by atoms with Crippen LogP contribution in [0.2, 0.25) is 0 Å². The van der Waals surface area contributed by atoms with E-state index < -0.39 is 0 Å². The Morgan fingerprint density at radius 2 is 1.95 bits per heavy atom. The van der Waals surface area contributed by atoms with E-state index in [1.54, 1.807) is 7.11 Å². The van der Waals surface area contributed by atoms with Crippen LogP contribution in [0.5, 0.6) is 5.75 Å². The van der Waals surface area contributed by atoms with Crippen LogP contribution in [-0.4, -0.2) is 57.8 Å². The number of nitrogens with zero attached hydrogens (tertiary/aromatic N) is 2. The maximum Gasteiger partial charge on any atom is 0.120 e. The molecule has 0 bridgehead atoms. The van der Waals surface area contributed by atoms with Gasteiger partial charge in [-0.2, -0.15) is 0 Å². The molecule has 0 radical (unpaired) electrons. The highest BCUT2D eigenvalue weighted by Gasteiger charge is 2.16. The fourth-order valence-corrected chi connectivity index (χ4v) is 2.77. The van der Waals surface area contributed by atoms with E-state index in [0.717, 1.165) is 45.0 Å². The van der Waals surface area contributed by atoms with Gasteiger partial charge in [0, 0.05) is 37.9 Å². The summed E-state index contributed by atoms with van der Waals surface area (Å²) in [5.74, 6) is 0.942. The molecule has 1 fully saturated rings. The van der Waals surface area contributed by atoms with Crippen LogP contribution in [-0.2, 0) is 0 Å². The quantitative estimate of drug-likeness (QED) is 0.743. The minimum atomic E-state index is 0.942. The van der Waals surface area contributed by atoms with E-state index in [0.29, 0.717) is 0 Å². The summed E-state index contributed by atoms with van der Waals surface area (Å²) in [5, 5.41) is 3.47. The van der Waals surface area contributed by atoms with Crippen LogP contribution in [0.1, 0.15) is 19.8 Å². The molecule has 1 aliphatic heterocycles. The lowest BCUT2D eigenvalue weighted by Crippen LogP contribution is -2.47. The molecule has 0 aromatic heterocycles. The lowest BCUT2D eigenvalue weighted by molar-refractivity contribution is 0.254. The van der Waals surface area contributed by atoms with Crippen molar-refractivity contribution in [2.45, 2.75) is 19.8 Å². The van der Waals surface area contributed by atoms with E-state index in [9.17, 15) is 0 Å². The third-order valence-electron chi connectivity index (χ3n) is 4.05. The zero-order chi connectivity index (χ0) is 14.9. The maximum absolute atomic E-state index is 5.31. The fourth-order valence-electron chi connectivity index (χ4n) is 2.77. The smallest absolute Gasteiger partial charge is 0.120 e. The van der Waals surface area contributed by atoms with Crippen molar-refractivity contribution in [3.8, 4) is 5.75 Å². The lowest BCUT2D eigenvalue weighted by Gasteiger charge is -2.36. The lowest BCUT2D eigenvalue weighted by atomic mass is 10.2. The maximum atomic E-state index is 5.31. The Morgan fingerprint density at radius 3 is 2.67 bits per heavy atom. The third kappa shape index (κ3) is 5.21. The highest BCUT2D eigenvalue weighted by Crippen LogP contribution is 2.22. The molecule has 4 nitrogen and oxygen atoms in total. The van der Waals surface area contributed by atoms with Gasteiger partial charge in [-0.3, -0.25) is 4.90 Å². The zero-order valence-corrected chi connectivity index (χ0v) is 13.5. The standard InChI is InChI=1S/C17H29N3O/c1-3-8-18-9-5-10-19-11-13-20(14-12-19)16-6-4-7-17(15-16)21-2/h4,6-7,15,18H,3,5,8-14H2,1-2H3. The number of benzene rings is 1. The van der Waals surface area contributed by atoms with Gasteiger partial charge in [0.2, 0.25) is 0 Å². The molecule has 21 heavy (non-hydrogen) atoms. The van der Waals surface area contributed by atoms with Crippen molar-refractivity contribution in [2.75, 3.05) is 57.8 Å². The third-order valence-corrected chi connectivity index (χ3v) is 4.05. The first-order chi connectivity index (χ1) is 10.3. The summed E-state index contributed by atoms with van der Waals surface area (Å²) < 4.78 is 5.31. The molecule has 0 saturated carbocycles. The van der Waals surface area contributed by atoms with E-state index in [1.807, 2.05) is 6.07 Å². The largest absolute Gasteiger partial charge is 0.497 e. The van der Waals surface area contributed by atoms with Gasteiger partial charge in [-0.15, -0.1) is 0 Å². The molecule has 1 N–H and O–H groups in total. The van der Waals surface area contributed by atoms with Gasteiger partial charge in [0.15, 0.2) is 0 Å². The molecule has 0 aliphatic carbocycles. The summed E-state index contributed by atoms with van der Waals surface area (Å²) in [5.41, 5.74) is 1.28. The van der Waals surface area contributed by atoms with Crippen LogP contribution in [0.25, 0.3) is 0 Å². The molecule has 0 unspecified atom stereocenters. The fraction of sp³-hybridized carbons (Fsp3) is 0.647. The van der Waals surface area contributed by atoms with Gasteiger partial charge < -0.3 is 15.0 Å². The number of ether oxygens (including phenoxy) is 1. The van der Waals surface area contributed by atoms with Gasteiger partial charge in [-0.05, 0) is 44.6 Å². The Morgan fingerprint density at radius 1 is 1.14 bits per heavy atom. The first-order valence-electron chi connectivity index (χ1n) is 8.15. The van der Waals surface area contributed by atoms with Crippen LogP contribution in [0, 0.1) is 0 Å². The van der Waals surface area contributed by atoms with E-state index in [2.05, 4.69) is 40.2 Å². The average molecular weight is 291 g/mol. The molecular weight excluding hydrogens is 262 g/mol. The second-order valence-electron chi connectivity index (χ2n) is 5.63. The summed E-state index contributed by atoms with van der Waals surface area (Å²) in [4.78, 5) is 5.03. The van der Waals surface area contributed by atoms with Gasteiger partial charge in [-0.1, -0.05) is 13.0 Å². The van der Waals surface area contributed by atoms with E-state index >= 15 is 0 Å². The number of nitrogens with one attached hydrogen (secondary N) is 1. The molecule has 0 atom stereocenters. The van der Waals surface area contributed by atoms with Crippen molar-refractivity contribution < 1.29 is 4.74 Å². The minimum absolute atomic E-state index is 0.942. The van der Waals surface area contributed by atoms with Gasteiger partial charge in [0.05, 0.1) is 7.11 Å². The van der Waals surface area contributed by atoms with Crippen LogP contribution < -0.4 is 15.0 Å². The van der Waals surface area contributed by atoms with Gasteiger partial charge in [0.1, 0.15) is 5.75 Å². The van der Waals surface area contributed by atoms with Gasteiger partial charge >= 0.3 is 0 Å². The molecule has 1 aromatic carbocycles. The predicted octanol–water partition coefficient (Wildman–Crippen LogP) is 2.21. The first kappa shape index (κ1) is 16.1. The molecular formula is C17H29N3O. The molecule has 1 saturated heterocycles. The van der Waals surface area contributed by atoms with Crippen molar-refractivity contribution in [3.63, 3.8) is 0 Å². The summed E-state index contributed by atoms with van der Waals surface area (Å²) in [6.07, 6.45) is 2.47. The second kappa shape index (κ2) is 8.90.